The van der Waals surface area contributed by atoms with E-state index in [0.29, 0.717) is 22.1 Å². The molecule has 4 aromatic heterocycles. The largest absolute Gasteiger partial charge is 3.00 e. The van der Waals surface area contributed by atoms with E-state index in [2.05, 4.69) is 19.9 Å². The fraction of sp³-hybridized carbons (Fsp3) is 0. The summed E-state index contributed by atoms with van der Waals surface area (Å²) in [6, 6.07) is 41.0. The summed E-state index contributed by atoms with van der Waals surface area (Å²) in [5.74, 6) is -0.919. The van der Waals surface area contributed by atoms with Gasteiger partial charge in [0.15, 0.2) is 0 Å². The van der Waals surface area contributed by atoms with E-state index >= 15 is 0 Å². The summed E-state index contributed by atoms with van der Waals surface area (Å²) in [4.78, 5) is 15.9. The molecule has 0 aliphatic heterocycles. The molecule has 12 heteroatoms. The Balaban J connectivity index is 0.000000181. The Morgan fingerprint density at radius 3 is 0.648 bits per heavy atom. The zero-order chi connectivity index (χ0) is 36.7. The third-order valence-corrected chi connectivity index (χ3v) is 7.23. The summed E-state index contributed by atoms with van der Waals surface area (Å²) in [6.07, 6.45) is 6.51. The number of benzene rings is 5. The first-order valence-electron chi connectivity index (χ1n) is 15.8. The molecule has 5 aromatic carbocycles. The van der Waals surface area contributed by atoms with Gasteiger partial charge in [-0.3, -0.25) is 19.9 Å². The molecular formula is C42H28Al2N4O6. The third kappa shape index (κ3) is 11.6. The van der Waals surface area contributed by atoms with Crippen molar-refractivity contribution in [1.82, 2.24) is 19.9 Å². The number of nitrogens with zero attached hydrogens (tertiary/aromatic N) is 4. The average Bonchev–Trinajstić information content (AvgIpc) is 3.18. The summed E-state index contributed by atoms with van der Waals surface area (Å²) in [5, 5.41) is 68.7. The average molecular weight is 739 g/mol. The second kappa shape index (κ2) is 21.2. The van der Waals surface area contributed by atoms with Crippen LogP contribution in [0.2, 0.25) is 0 Å². The number of hydrogen-bond donors (Lipinski definition) is 0. The van der Waals surface area contributed by atoms with Crippen molar-refractivity contribution >= 4 is 78.3 Å². The molecule has 0 amide bonds. The second-order valence-electron chi connectivity index (χ2n) is 10.8. The fourth-order valence-electron chi connectivity index (χ4n) is 4.76. The van der Waals surface area contributed by atoms with Crippen molar-refractivity contribution in [2.75, 3.05) is 0 Å². The van der Waals surface area contributed by atoms with E-state index in [1.807, 2.05) is 72.8 Å². The fourth-order valence-corrected chi connectivity index (χ4v) is 4.76. The van der Waals surface area contributed by atoms with Gasteiger partial charge in [0.2, 0.25) is 0 Å². The Morgan fingerprint density at radius 1 is 0.241 bits per heavy atom. The van der Waals surface area contributed by atoms with Gasteiger partial charge < -0.3 is 30.6 Å². The summed E-state index contributed by atoms with van der Waals surface area (Å²) in [6.45, 7) is 0. The van der Waals surface area contributed by atoms with Crippen LogP contribution in [0.15, 0.2) is 170 Å². The number of fused-ring (bicyclic) bond motifs is 4. The molecule has 0 fully saturated rings. The zero-order valence-corrected chi connectivity index (χ0v) is 30.9. The first kappa shape index (κ1) is 42.0. The van der Waals surface area contributed by atoms with Gasteiger partial charge in [-0.1, -0.05) is 144 Å². The van der Waals surface area contributed by atoms with Crippen molar-refractivity contribution in [2.45, 2.75) is 0 Å². The topological polar surface area (TPSA) is 190 Å². The van der Waals surface area contributed by atoms with Gasteiger partial charge in [-0.05, 0) is 45.8 Å². The Kier molecular flexibility index (Phi) is 16.5. The van der Waals surface area contributed by atoms with Crippen molar-refractivity contribution in [3.8, 4) is 34.5 Å². The van der Waals surface area contributed by atoms with E-state index in [0.717, 1.165) is 21.5 Å². The van der Waals surface area contributed by atoms with Crippen LogP contribution in [0.4, 0.5) is 0 Å². The van der Waals surface area contributed by atoms with Crippen molar-refractivity contribution < 1.29 is 30.6 Å². The maximum absolute atomic E-state index is 11.1. The van der Waals surface area contributed by atoms with Crippen LogP contribution in [0, 0.1) is 0 Å². The minimum Gasteiger partial charge on any atom is -0.873 e. The van der Waals surface area contributed by atoms with Gasteiger partial charge in [0.25, 0.3) is 0 Å². The zero-order valence-electron chi connectivity index (χ0n) is 28.6. The van der Waals surface area contributed by atoms with Crippen LogP contribution in [0.25, 0.3) is 43.6 Å². The first-order chi connectivity index (χ1) is 25.3. The maximum atomic E-state index is 11.1. The number of aromatic nitrogens is 4. The van der Waals surface area contributed by atoms with E-state index in [-0.39, 0.29) is 57.7 Å². The molecule has 0 spiro atoms. The van der Waals surface area contributed by atoms with E-state index < -0.39 is 11.5 Å². The summed E-state index contributed by atoms with van der Waals surface area (Å²) >= 11 is 0. The van der Waals surface area contributed by atoms with Gasteiger partial charge >= 0.3 is 34.7 Å². The van der Waals surface area contributed by atoms with Crippen LogP contribution in [-0.2, 0) is 0 Å². The maximum Gasteiger partial charge on any atom is 3.00 e. The van der Waals surface area contributed by atoms with Crippen molar-refractivity contribution in [2.24, 2.45) is 0 Å². The van der Waals surface area contributed by atoms with Gasteiger partial charge in [0.05, 0.1) is 22.1 Å². The number of rotatable bonds is 0. The quantitative estimate of drug-likeness (QED) is 0.203. The van der Waals surface area contributed by atoms with E-state index in [4.69, 9.17) is 0 Å². The predicted octanol–water partition coefficient (Wildman–Crippen LogP) is 4.31. The van der Waals surface area contributed by atoms with Crippen LogP contribution >= 0.6 is 0 Å². The number of para-hydroxylation sites is 6. The molecule has 4 heterocycles. The van der Waals surface area contributed by atoms with Crippen LogP contribution in [0.1, 0.15) is 0 Å². The van der Waals surface area contributed by atoms with Crippen LogP contribution < -0.4 is 30.6 Å². The Hall–Kier alpha value is -6.40. The monoisotopic (exact) mass is 738 g/mol. The van der Waals surface area contributed by atoms with Crippen molar-refractivity contribution in [3.63, 3.8) is 0 Å². The minimum atomic E-state index is -0.437. The molecule has 0 saturated heterocycles. The number of hydrogen-bond acceptors (Lipinski definition) is 10. The molecule has 0 N–H and O–H groups in total. The number of pyridine rings is 4. The molecular weight excluding hydrogens is 710 g/mol. The van der Waals surface area contributed by atoms with E-state index in [1.165, 1.54) is 36.4 Å². The van der Waals surface area contributed by atoms with Crippen molar-refractivity contribution in [3.05, 3.63) is 170 Å². The molecule has 0 aliphatic carbocycles. The van der Waals surface area contributed by atoms with Gasteiger partial charge in [0, 0.05) is 24.8 Å². The molecule has 0 atom stereocenters. The smallest absolute Gasteiger partial charge is 0.873 e. The van der Waals surface area contributed by atoms with Crippen molar-refractivity contribution in [1.29, 1.82) is 0 Å². The second-order valence-corrected chi connectivity index (χ2v) is 10.8. The van der Waals surface area contributed by atoms with E-state index in [1.54, 1.807) is 61.2 Å². The summed E-state index contributed by atoms with van der Waals surface area (Å²) in [7, 11) is 0. The SMILES string of the molecule is [Al+3].[Al+3].[O-]c1cccc2cccnc12.[O-]c1cccc2cccnc12.[O-]c1cccc2cccnc12.[O-]c1cccc2cccnc12.[O-]c1ccccc1[O-]. The molecule has 54 heavy (non-hydrogen) atoms. The van der Waals surface area contributed by atoms with Crippen LogP contribution in [-0.4, -0.2) is 54.7 Å². The molecule has 0 saturated carbocycles. The normalized spacial score (nSPS) is 9.63. The molecule has 0 bridgehead atoms. The summed E-state index contributed by atoms with van der Waals surface area (Å²) in [5.41, 5.74) is 2.20. The molecule has 0 unspecified atom stereocenters. The summed E-state index contributed by atoms with van der Waals surface area (Å²) < 4.78 is 0. The van der Waals surface area contributed by atoms with Gasteiger partial charge in [-0.2, -0.15) is 0 Å². The van der Waals surface area contributed by atoms with Crippen LogP contribution in [0.3, 0.4) is 0 Å². The minimum absolute atomic E-state index is 0. The standard InChI is InChI=1S/4C9H7NO.C6H6O2.2Al/c4*11-8-5-1-3-7-4-2-6-10-9(7)8;7-5-3-1-2-4-6(5)8;;/h4*1-6,11H;1-4,7-8H;;/q;;;;;2*+3/p-6. The van der Waals surface area contributed by atoms with Gasteiger partial charge in [-0.25, -0.2) is 0 Å². The Bertz CT molecular complexity index is 2190. The van der Waals surface area contributed by atoms with Gasteiger partial charge in [-0.15, -0.1) is 11.5 Å². The first-order valence-corrected chi connectivity index (χ1v) is 15.8. The molecule has 0 radical (unpaired) electrons. The Labute approximate surface area is 332 Å². The van der Waals surface area contributed by atoms with E-state index in [9.17, 15) is 30.6 Å². The van der Waals surface area contributed by atoms with Gasteiger partial charge in [0.1, 0.15) is 0 Å². The molecule has 0 aliphatic rings. The predicted molar refractivity (Wildman–Crippen MR) is 202 cm³/mol. The molecule has 10 nitrogen and oxygen atoms in total. The molecule has 9 rings (SSSR count). The molecule has 258 valence electrons. The molecule has 9 aromatic rings. The Morgan fingerprint density at radius 2 is 0.444 bits per heavy atom. The van der Waals surface area contributed by atoms with Crippen LogP contribution in [0.5, 0.6) is 34.5 Å². The third-order valence-electron chi connectivity index (χ3n) is 7.23.